The van der Waals surface area contributed by atoms with Crippen molar-refractivity contribution in [2.24, 2.45) is 0 Å². The Morgan fingerprint density at radius 1 is 1.52 bits per heavy atom. The van der Waals surface area contributed by atoms with Gasteiger partial charge in [0.2, 0.25) is 0 Å². The summed E-state index contributed by atoms with van der Waals surface area (Å²) < 4.78 is 19.3. The van der Waals surface area contributed by atoms with Gasteiger partial charge in [0, 0.05) is 18.7 Å². The largest absolute Gasteiger partial charge is 0.384 e. The standard InChI is InChI=1S/C16H18FNO3/c17-15-11-12(3-1-9-19)5-6-14(15)16(20)18-8-7-13-4-2-10-21-13/h5-6,11,13,19H,2,4,7-10H2,(H,18,20). The first-order chi connectivity index (χ1) is 10.2. The zero-order chi connectivity index (χ0) is 15.1. The third kappa shape index (κ3) is 4.55. The van der Waals surface area contributed by atoms with Gasteiger partial charge in [0.1, 0.15) is 12.4 Å². The van der Waals surface area contributed by atoms with Crippen LogP contribution in [0.25, 0.3) is 0 Å². The van der Waals surface area contributed by atoms with Crippen LogP contribution in [0.2, 0.25) is 0 Å². The van der Waals surface area contributed by atoms with E-state index >= 15 is 0 Å². The van der Waals surface area contributed by atoms with Crippen molar-refractivity contribution in [2.75, 3.05) is 19.8 Å². The molecule has 0 bridgehead atoms. The topological polar surface area (TPSA) is 58.6 Å². The fourth-order valence-corrected chi connectivity index (χ4v) is 2.23. The Morgan fingerprint density at radius 3 is 3.05 bits per heavy atom. The lowest BCUT2D eigenvalue weighted by molar-refractivity contribution is 0.0904. The van der Waals surface area contributed by atoms with Crippen molar-refractivity contribution in [3.8, 4) is 11.8 Å². The Kier molecular flexibility index (Phi) is 5.73. The molecule has 112 valence electrons. The minimum atomic E-state index is -0.616. The van der Waals surface area contributed by atoms with Gasteiger partial charge in [-0.1, -0.05) is 11.8 Å². The lowest BCUT2D eigenvalue weighted by Gasteiger charge is -2.10. The van der Waals surface area contributed by atoms with E-state index < -0.39 is 11.7 Å². The van der Waals surface area contributed by atoms with Gasteiger partial charge in [0.25, 0.3) is 5.91 Å². The first-order valence-corrected chi connectivity index (χ1v) is 7.00. The molecule has 4 nitrogen and oxygen atoms in total. The van der Waals surface area contributed by atoms with Crippen molar-refractivity contribution in [3.63, 3.8) is 0 Å². The van der Waals surface area contributed by atoms with Crippen LogP contribution in [0.4, 0.5) is 4.39 Å². The molecule has 1 aromatic rings. The number of aliphatic hydroxyl groups excluding tert-OH is 1. The van der Waals surface area contributed by atoms with Crippen LogP contribution in [-0.2, 0) is 4.74 Å². The highest BCUT2D eigenvalue weighted by atomic mass is 19.1. The maximum Gasteiger partial charge on any atom is 0.254 e. The van der Waals surface area contributed by atoms with Crippen molar-refractivity contribution in [1.29, 1.82) is 0 Å². The molecule has 1 amide bonds. The smallest absolute Gasteiger partial charge is 0.254 e. The van der Waals surface area contributed by atoms with Crippen LogP contribution in [0.1, 0.15) is 35.2 Å². The maximum absolute atomic E-state index is 13.8. The molecule has 0 aliphatic carbocycles. The molecule has 0 radical (unpaired) electrons. The molecule has 0 spiro atoms. The van der Waals surface area contributed by atoms with E-state index in [1.54, 1.807) is 6.07 Å². The summed E-state index contributed by atoms with van der Waals surface area (Å²) in [5.41, 5.74) is 0.425. The lowest BCUT2D eigenvalue weighted by atomic mass is 10.1. The lowest BCUT2D eigenvalue weighted by Crippen LogP contribution is -2.27. The predicted molar refractivity (Wildman–Crippen MR) is 76.3 cm³/mol. The van der Waals surface area contributed by atoms with Crippen LogP contribution in [0.15, 0.2) is 18.2 Å². The van der Waals surface area contributed by atoms with E-state index in [0.29, 0.717) is 12.1 Å². The Hall–Kier alpha value is -1.90. The monoisotopic (exact) mass is 291 g/mol. The molecule has 1 fully saturated rings. The van der Waals surface area contributed by atoms with Gasteiger partial charge in [0.15, 0.2) is 0 Å². The summed E-state index contributed by atoms with van der Waals surface area (Å²) in [5.74, 6) is 3.97. The normalized spacial score (nSPS) is 17.1. The average molecular weight is 291 g/mol. The van der Waals surface area contributed by atoms with E-state index in [1.165, 1.54) is 12.1 Å². The minimum Gasteiger partial charge on any atom is -0.384 e. The van der Waals surface area contributed by atoms with E-state index in [4.69, 9.17) is 9.84 Å². The predicted octanol–water partition coefficient (Wildman–Crippen LogP) is 1.47. The van der Waals surface area contributed by atoms with Crippen molar-refractivity contribution in [2.45, 2.75) is 25.4 Å². The van der Waals surface area contributed by atoms with Gasteiger partial charge in [-0.15, -0.1) is 0 Å². The number of carbonyl (C=O) groups excluding carboxylic acids is 1. The molecule has 2 N–H and O–H groups in total. The second-order valence-corrected chi connectivity index (χ2v) is 4.83. The molecule has 2 rings (SSSR count). The molecule has 0 saturated carbocycles. The Morgan fingerprint density at radius 2 is 2.38 bits per heavy atom. The number of hydrogen-bond acceptors (Lipinski definition) is 3. The number of benzene rings is 1. The van der Waals surface area contributed by atoms with Gasteiger partial charge in [-0.05, 0) is 37.5 Å². The highest BCUT2D eigenvalue weighted by Gasteiger charge is 2.16. The summed E-state index contributed by atoms with van der Waals surface area (Å²) in [4.78, 5) is 11.9. The molecule has 1 aromatic carbocycles. The summed E-state index contributed by atoms with van der Waals surface area (Å²) in [6, 6.07) is 4.15. The van der Waals surface area contributed by atoms with Gasteiger partial charge >= 0.3 is 0 Å². The van der Waals surface area contributed by atoms with Gasteiger partial charge in [-0.3, -0.25) is 4.79 Å². The SMILES string of the molecule is O=C(NCCC1CCCO1)c1ccc(C#CCO)cc1F. The molecule has 1 unspecified atom stereocenters. The highest BCUT2D eigenvalue weighted by molar-refractivity contribution is 5.94. The molecular weight excluding hydrogens is 273 g/mol. The number of rotatable bonds is 4. The molecule has 1 aliphatic rings. The summed E-state index contributed by atoms with van der Waals surface area (Å²) in [7, 11) is 0. The number of hydrogen-bond donors (Lipinski definition) is 2. The van der Waals surface area contributed by atoms with Crippen LogP contribution < -0.4 is 5.32 Å². The molecule has 1 heterocycles. The number of aliphatic hydroxyl groups is 1. The second kappa shape index (κ2) is 7.77. The molecule has 0 aromatic heterocycles. The first-order valence-electron chi connectivity index (χ1n) is 7.00. The summed E-state index contributed by atoms with van der Waals surface area (Å²) in [6.45, 7) is 0.964. The van der Waals surface area contributed by atoms with Crippen LogP contribution in [-0.4, -0.2) is 36.9 Å². The average Bonchev–Trinajstić information content (AvgIpc) is 2.98. The van der Waals surface area contributed by atoms with E-state index in [0.717, 1.165) is 25.9 Å². The summed E-state index contributed by atoms with van der Waals surface area (Å²) in [6.07, 6.45) is 3.02. The fraction of sp³-hybridized carbons (Fsp3) is 0.438. The first kappa shape index (κ1) is 15.5. The number of ether oxygens (including phenoxy) is 1. The molecule has 1 atom stereocenters. The third-order valence-electron chi connectivity index (χ3n) is 3.30. The Labute approximate surface area is 123 Å². The summed E-state index contributed by atoms with van der Waals surface area (Å²) >= 11 is 0. The number of nitrogens with one attached hydrogen (secondary N) is 1. The van der Waals surface area contributed by atoms with Crippen molar-refractivity contribution < 1.29 is 19.0 Å². The van der Waals surface area contributed by atoms with E-state index in [2.05, 4.69) is 17.2 Å². The van der Waals surface area contributed by atoms with E-state index in [1.807, 2.05) is 0 Å². The minimum absolute atomic E-state index is 0.00288. The summed E-state index contributed by atoms with van der Waals surface area (Å²) in [5, 5.41) is 11.3. The zero-order valence-corrected chi connectivity index (χ0v) is 11.7. The van der Waals surface area contributed by atoms with Gasteiger partial charge < -0.3 is 15.2 Å². The highest BCUT2D eigenvalue weighted by Crippen LogP contribution is 2.15. The quantitative estimate of drug-likeness (QED) is 0.826. The van der Waals surface area contributed by atoms with Crippen molar-refractivity contribution in [3.05, 3.63) is 35.1 Å². The van der Waals surface area contributed by atoms with Gasteiger partial charge in [-0.25, -0.2) is 4.39 Å². The van der Waals surface area contributed by atoms with Crippen LogP contribution in [0.5, 0.6) is 0 Å². The van der Waals surface area contributed by atoms with Gasteiger partial charge in [0.05, 0.1) is 11.7 Å². The van der Waals surface area contributed by atoms with Crippen molar-refractivity contribution in [1.82, 2.24) is 5.32 Å². The zero-order valence-electron chi connectivity index (χ0n) is 11.7. The molecule has 1 aliphatic heterocycles. The second-order valence-electron chi connectivity index (χ2n) is 4.83. The van der Waals surface area contributed by atoms with E-state index in [-0.39, 0.29) is 18.3 Å². The van der Waals surface area contributed by atoms with Crippen LogP contribution in [0.3, 0.4) is 0 Å². The molecule has 21 heavy (non-hydrogen) atoms. The Bertz CT molecular complexity index is 556. The molecular formula is C16H18FNO3. The van der Waals surface area contributed by atoms with Gasteiger partial charge in [-0.2, -0.15) is 0 Å². The van der Waals surface area contributed by atoms with Crippen LogP contribution >= 0.6 is 0 Å². The Balaban J connectivity index is 1.89. The number of halogens is 1. The number of carbonyl (C=O) groups is 1. The van der Waals surface area contributed by atoms with Crippen LogP contribution in [0, 0.1) is 17.7 Å². The van der Waals surface area contributed by atoms with Crippen molar-refractivity contribution >= 4 is 5.91 Å². The molecule has 5 heteroatoms. The fourth-order valence-electron chi connectivity index (χ4n) is 2.23. The maximum atomic E-state index is 13.8. The van der Waals surface area contributed by atoms with E-state index in [9.17, 15) is 9.18 Å². The number of amides is 1. The third-order valence-corrected chi connectivity index (χ3v) is 3.30. The molecule has 1 saturated heterocycles.